The predicted molar refractivity (Wildman–Crippen MR) is 80.8 cm³/mol. The van der Waals surface area contributed by atoms with Crippen LogP contribution in [0.4, 0.5) is 0 Å². The number of hydrogen-bond donors (Lipinski definition) is 0. The third kappa shape index (κ3) is 3.25. The molecule has 1 aromatic heterocycles. The molecule has 5 heteroatoms. The summed E-state index contributed by atoms with van der Waals surface area (Å²) in [7, 11) is 0. The third-order valence-corrected chi connectivity index (χ3v) is 3.73. The number of nitrogens with zero attached hydrogens (tertiary/aromatic N) is 3. The molecule has 0 aliphatic rings. The Hall–Kier alpha value is -2.71. The van der Waals surface area contributed by atoms with Gasteiger partial charge in [-0.3, -0.25) is 0 Å². The van der Waals surface area contributed by atoms with Gasteiger partial charge in [-0.05, 0) is 17.7 Å². The number of rotatable bonds is 4. The van der Waals surface area contributed by atoms with E-state index in [9.17, 15) is 0 Å². The van der Waals surface area contributed by atoms with Crippen LogP contribution in [-0.2, 0) is 6.61 Å². The van der Waals surface area contributed by atoms with E-state index >= 15 is 0 Å². The Morgan fingerprint density at radius 2 is 1.90 bits per heavy atom. The molecule has 0 amide bonds. The van der Waals surface area contributed by atoms with Gasteiger partial charge in [0.2, 0.25) is 5.01 Å². The van der Waals surface area contributed by atoms with E-state index in [1.54, 1.807) is 0 Å². The quantitative estimate of drug-likeness (QED) is 0.736. The van der Waals surface area contributed by atoms with E-state index in [4.69, 9.17) is 10.00 Å². The van der Waals surface area contributed by atoms with Crippen molar-refractivity contribution in [1.29, 1.82) is 5.26 Å². The standard InChI is InChI=1S/C16H11N3OS/c17-10-15-18-19-16(21-15)13-7-4-8-14(9-13)20-11-12-5-2-1-3-6-12/h1-9H,11H2. The second-order valence-electron chi connectivity index (χ2n) is 4.33. The van der Waals surface area contributed by atoms with Gasteiger partial charge in [-0.15, -0.1) is 10.2 Å². The molecule has 4 nitrogen and oxygen atoms in total. The largest absolute Gasteiger partial charge is 0.489 e. The summed E-state index contributed by atoms with van der Waals surface area (Å²) in [4.78, 5) is 0. The molecule has 3 rings (SSSR count). The molecule has 0 aliphatic heterocycles. The Morgan fingerprint density at radius 3 is 2.67 bits per heavy atom. The zero-order valence-electron chi connectivity index (χ0n) is 11.1. The summed E-state index contributed by atoms with van der Waals surface area (Å²) in [5.41, 5.74) is 2.02. The first-order chi connectivity index (χ1) is 10.3. The van der Waals surface area contributed by atoms with Gasteiger partial charge in [0.05, 0.1) is 0 Å². The smallest absolute Gasteiger partial charge is 0.218 e. The number of ether oxygens (including phenoxy) is 1. The fourth-order valence-electron chi connectivity index (χ4n) is 1.84. The summed E-state index contributed by atoms with van der Waals surface area (Å²) in [6.07, 6.45) is 0. The van der Waals surface area contributed by atoms with E-state index in [-0.39, 0.29) is 0 Å². The van der Waals surface area contributed by atoms with Crippen molar-refractivity contribution in [3.63, 3.8) is 0 Å². The molecule has 0 fully saturated rings. The van der Waals surface area contributed by atoms with Crippen LogP contribution in [0.2, 0.25) is 0 Å². The number of benzene rings is 2. The fraction of sp³-hybridized carbons (Fsp3) is 0.0625. The van der Waals surface area contributed by atoms with Crippen LogP contribution in [-0.4, -0.2) is 10.2 Å². The zero-order chi connectivity index (χ0) is 14.5. The van der Waals surface area contributed by atoms with E-state index in [1.807, 2.05) is 60.7 Å². The zero-order valence-corrected chi connectivity index (χ0v) is 11.9. The van der Waals surface area contributed by atoms with Gasteiger partial charge in [0.25, 0.3) is 0 Å². The number of nitriles is 1. The summed E-state index contributed by atoms with van der Waals surface area (Å²) in [5.74, 6) is 0.769. The average Bonchev–Trinajstić information content (AvgIpc) is 3.03. The lowest BCUT2D eigenvalue weighted by Gasteiger charge is -2.07. The van der Waals surface area contributed by atoms with Crippen LogP contribution in [0.1, 0.15) is 10.6 Å². The van der Waals surface area contributed by atoms with Crippen LogP contribution in [0, 0.1) is 11.3 Å². The van der Waals surface area contributed by atoms with E-state index in [0.717, 1.165) is 21.9 Å². The molecule has 0 aliphatic carbocycles. The van der Waals surface area contributed by atoms with Crippen LogP contribution >= 0.6 is 11.3 Å². The first-order valence-corrected chi connectivity index (χ1v) is 7.17. The van der Waals surface area contributed by atoms with Crippen LogP contribution in [0.5, 0.6) is 5.75 Å². The Kier molecular flexibility index (Phi) is 3.90. The minimum Gasteiger partial charge on any atom is -0.489 e. The number of hydrogen-bond acceptors (Lipinski definition) is 5. The monoisotopic (exact) mass is 293 g/mol. The van der Waals surface area contributed by atoms with Crippen molar-refractivity contribution < 1.29 is 4.74 Å². The Labute approximate surface area is 126 Å². The van der Waals surface area contributed by atoms with Crippen molar-refractivity contribution in [3.05, 3.63) is 65.2 Å². The molecule has 0 unspecified atom stereocenters. The highest BCUT2D eigenvalue weighted by molar-refractivity contribution is 7.15. The summed E-state index contributed by atoms with van der Waals surface area (Å²) < 4.78 is 5.78. The van der Waals surface area contributed by atoms with Crippen molar-refractivity contribution in [1.82, 2.24) is 10.2 Å². The van der Waals surface area contributed by atoms with Gasteiger partial charge in [-0.25, -0.2) is 0 Å². The summed E-state index contributed by atoms with van der Waals surface area (Å²) in [5, 5.41) is 17.7. The molecule has 0 N–H and O–H groups in total. The molecule has 2 aromatic carbocycles. The van der Waals surface area contributed by atoms with E-state index in [1.165, 1.54) is 11.3 Å². The molecule has 0 saturated carbocycles. The fourth-order valence-corrected chi connectivity index (χ4v) is 2.48. The molecule has 0 radical (unpaired) electrons. The lowest BCUT2D eigenvalue weighted by atomic mass is 10.2. The van der Waals surface area contributed by atoms with Gasteiger partial charge in [0, 0.05) is 5.56 Å². The highest BCUT2D eigenvalue weighted by Gasteiger charge is 2.07. The predicted octanol–water partition coefficient (Wildman–Crippen LogP) is 3.66. The maximum Gasteiger partial charge on any atom is 0.218 e. The molecule has 3 aromatic rings. The maximum atomic E-state index is 8.80. The van der Waals surface area contributed by atoms with E-state index in [2.05, 4.69) is 10.2 Å². The minimum absolute atomic E-state index is 0.362. The van der Waals surface area contributed by atoms with Crippen molar-refractivity contribution >= 4 is 11.3 Å². The third-order valence-electron chi connectivity index (χ3n) is 2.85. The van der Waals surface area contributed by atoms with E-state index < -0.39 is 0 Å². The molecule has 1 heterocycles. The van der Waals surface area contributed by atoms with Crippen molar-refractivity contribution in [3.8, 4) is 22.4 Å². The maximum absolute atomic E-state index is 8.80. The molecular weight excluding hydrogens is 282 g/mol. The molecule has 0 atom stereocenters. The van der Waals surface area contributed by atoms with E-state index in [0.29, 0.717) is 11.6 Å². The molecule has 102 valence electrons. The van der Waals surface area contributed by atoms with Gasteiger partial charge in [0.1, 0.15) is 23.4 Å². The highest BCUT2D eigenvalue weighted by atomic mass is 32.1. The van der Waals surface area contributed by atoms with Gasteiger partial charge in [0.15, 0.2) is 0 Å². The van der Waals surface area contributed by atoms with Crippen LogP contribution in [0.25, 0.3) is 10.6 Å². The summed E-state index contributed by atoms with van der Waals surface area (Å²) in [6.45, 7) is 0.518. The molecule has 21 heavy (non-hydrogen) atoms. The minimum atomic E-state index is 0.362. The summed E-state index contributed by atoms with van der Waals surface area (Å²) >= 11 is 1.27. The van der Waals surface area contributed by atoms with Gasteiger partial charge in [-0.2, -0.15) is 5.26 Å². The molecule has 0 bridgehead atoms. The Morgan fingerprint density at radius 1 is 1.05 bits per heavy atom. The normalized spacial score (nSPS) is 10.0. The Balaban J connectivity index is 1.76. The first kappa shape index (κ1) is 13.3. The topological polar surface area (TPSA) is 58.8 Å². The molecular formula is C16H11N3OS. The molecule has 0 spiro atoms. The number of aromatic nitrogens is 2. The van der Waals surface area contributed by atoms with Crippen LogP contribution in [0.15, 0.2) is 54.6 Å². The van der Waals surface area contributed by atoms with Gasteiger partial charge >= 0.3 is 0 Å². The lowest BCUT2D eigenvalue weighted by Crippen LogP contribution is -1.94. The van der Waals surface area contributed by atoms with Crippen molar-refractivity contribution in [2.45, 2.75) is 6.61 Å². The summed E-state index contributed by atoms with van der Waals surface area (Å²) in [6, 6.07) is 19.6. The first-order valence-electron chi connectivity index (χ1n) is 6.36. The van der Waals surface area contributed by atoms with Gasteiger partial charge in [-0.1, -0.05) is 53.8 Å². The second-order valence-corrected chi connectivity index (χ2v) is 5.30. The molecule has 0 saturated heterocycles. The van der Waals surface area contributed by atoms with Crippen molar-refractivity contribution in [2.75, 3.05) is 0 Å². The highest BCUT2D eigenvalue weighted by Crippen LogP contribution is 2.26. The van der Waals surface area contributed by atoms with Crippen LogP contribution < -0.4 is 4.74 Å². The second kappa shape index (κ2) is 6.16. The van der Waals surface area contributed by atoms with Crippen molar-refractivity contribution in [2.24, 2.45) is 0 Å². The average molecular weight is 293 g/mol. The van der Waals surface area contributed by atoms with Crippen LogP contribution in [0.3, 0.4) is 0 Å². The van der Waals surface area contributed by atoms with Gasteiger partial charge < -0.3 is 4.74 Å². The SMILES string of the molecule is N#Cc1nnc(-c2cccc(OCc3ccccc3)c2)s1. The Bertz CT molecular complexity index is 777. The lowest BCUT2D eigenvalue weighted by molar-refractivity contribution is 0.306.